The number of thioether (sulfide) groups is 1. The Morgan fingerprint density at radius 1 is 1.25 bits per heavy atom. The van der Waals surface area contributed by atoms with Crippen LogP contribution in [0.25, 0.3) is 10.2 Å². The third-order valence-corrected chi connectivity index (χ3v) is 6.65. The Morgan fingerprint density at radius 2 is 2.08 bits per heavy atom. The van der Waals surface area contributed by atoms with E-state index < -0.39 is 0 Å². The van der Waals surface area contributed by atoms with Gasteiger partial charge in [-0.2, -0.15) is 0 Å². The van der Waals surface area contributed by atoms with E-state index in [-0.39, 0.29) is 11.7 Å². The van der Waals surface area contributed by atoms with Crippen LogP contribution in [0, 0.1) is 0 Å². The van der Waals surface area contributed by atoms with Crippen molar-refractivity contribution in [2.75, 3.05) is 5.75 Å². The quantitative estimate of drug-likeness (QED) is 0.487. The summed E-state index contributed by atoms with van der Waals surface area (Å²) in [5.41, 5.74) is 0.858. The molecule has 2 heterocycles. The first-order chi connectivity index (χ1) is 11.5. The highest BCUT2D eigenvalue weighted by molar-refractivity contribution is 8.01. The zero-order valence-electron chi connectivity index (χ0n) is 12.7. The van der Waals surface area contributed by atoms with Gasteiger partial charge in [-0.25, -0.2) is 4.98 Å². The minimum absolute atomic E-state index is 0.0661. The largest absolute Gasteiger partial charge is 0.351 e. The molecule has 8 heteroatoms. The number of Topliss-reactive ketones (excluding diaryl/α,β-unsaturated/α-hetero) is 1. The van der Waals surface area contributed by atoms with Crippen molar-refractivity contribution in [2.45, 2.75) is 17.8 Å². The van der Waals surface area contributed by atoms with Gasteiger partial charge in [-0.3, -0.25) is 9.59 Å². The lowest BCUT2D eigenvalue weighted by Gasteiger charge is -1.98. The van der Waals surface area contributed by atoms with Crippen LogP contribution in [0.3, 0.4) is 0 Å². The second-order valence-electron chi connectivity index (χ2n) is 4.98. The lowest BCUT2D eigenvalue weighted by molar-refractivity contribution is -0.119. The number of thiophene rings is 1. The number of benzene rings is 1. The van der Waals surface area contributed by atoms with Crippen LogP contribution in [-0.2, 0) is 11.3 Å². The number of carbonyl (C=O) groups excluding carboxylic acids is 2. The van der Waals surface area contributed by atoms with Crippen molar-refractivity contribution < 1.29 is 9.59 Å². The first kappa shape index (κ1) is 17.4. The van der Waals surface area contributed by atoms with E-state index in [1.165, 1.54) is 30.0 Å². The number of nitrogens with one attached hydrogen (secondary N) is 1. The van der Waals surface area contributed by atoms with E-state index in [1.807, 2.05) is 30.3 Å². The van der Waals surface area contributed by atoms with Gasteiger partial charge in [0.2, 0.25) is 5.91 Å². The summed E-state index contributed by atoms with van der Waals surface area (Å²) in [6.07, 6.45) is 0. The molecule has 0 aliphatic heterocycles. The molecule has 24 heavy (non-hydrogen) atoms. The molecule has 3 aromatic rings. The Hall–Kier alpha value is -1.41. The average molecular weight is 397 g/mol. The Labute approximate surface area is 156 Å². The predicted molar refractivity (Wildman–Crippen MR) is 102 cm³/mol. The molecule has 2 aromatic heterocycles. The van der Waals surface area contributed by atoms with Crippen molar-refractivity contribution in [1.82, 2.24) is 10.3 Å². The average Bonchev–Trinajstić information content (AvgIpc) is 3.16. The van der Waals surface area contributed by atoms with Crippen LogP contribution in [0.1, 0.15) is 21.5 Å². The van der Waals surface area contributed by atoms with E-state index in [0.717, 1.165) is 19.4 Å². The second-order valence-corrected chi connectivity index (χ2v) is 8.84. The van der Waals surface area contributed by atoms with Gasteiger partial charge in [0.25, 0.3) is 0 Å². The molecule has 124 valence electrons. The molecule has 3 rings (SSSR count). The van der Waals surface area contributed by atoms with Crippen molar-refractivity contribution in [2.24, 2.45) is 0 Å². The van der Waals surface area contributed by atoms with Crippen LogP contribution in [-0.4, -0.2) is 22.4 Å². The Balaban J connectivity index is 1.61. The van der Waals surface area contributed by atoms with E-state index in [9.17, 15) is 9.59 Å². The van der Waals surface area contributed by atoms with Gasteiger partial charge in [0, 0.05) is 16.8 Å². The monoisotopic (exact) mass is 396 g/mol. The lowest BCUT2D eigenvalue weighted by atomic mass is 10.3. The minimum atomic E-state index is -0.0808. The Morgan fingerprint density at radius 3 is 2.88 bits per heavy atom. The van der Waals surface area contributed by atoms with Crippen molar-refractivity contribution in [3.8, 4) is 0 Å². The Bertz CT molecular complexity index is 904. The van der Waals surface area contributed by atoms with E-state index in [0.29, 0.717) is 22.2 Å². The molecule has 4 nitrogen and oxygen atoms in total. The number of nitrogens with zero attached hydrogens (tertiary/aromatic N) is 1. The van der Waals surface area contributed by atoms with Crippen LogP contribution in [0.2, 0.25) is 5.02 Å². The van der Waals surface area contributed by atoms with Gasteiger partial charge in [0.15, 0.2) is 10.1 Å². The number of hydrogen-bond donors (Lipinski definition) is 1. The van der Waals surface area contributed by atoms with Gasteiger partial charge in [-0.1, -0.05) is 23.4 Å². The number of fused-ring (bicyclic) bond motifs is 1. The maximum Gasteiger partial charge on any atom is 0.217 e. The van der Waals surface area contributed by atoms with Gasteiger partial charge in [0.1, 0.15) is 0 Å². The molecular weight excluding hydrogens is 384 g/mol. The van der Waals surface area contributed by atoms with Gasteiger partial charge < -0.3 is 5.32 Å². The summed E-state index contributed by atoms with van der Waals surface area (Å²) in [7, 11) is 0. The molecule has 0 aliphatic rings. The molecule has 1 amide bonds. The fourth-order valence-corrected chi connectivity index (χ4v) is 5.05. The number of hydrogen-bond acceptors (Lipinski definition) is 6. The molecule has 0 fully saturated rings. The summed E-state index contributed by atoms with van der Waals surface area (Å²) in [4.78, 5) is 29.4. The molecular formula is C16H13ClN2O2S3. The maximum absolute atomic E-state index is 12.3. The van der Waals surface area contributed by atoms with Gasteiger partial charge in [-0.05, 0) is 30.3 Å². The molecule has 1 aromatic carbocycles. The highest BCUT2D eigenvalue weighted by Gasteiger charge is 2.12. The normalized spacial score (nSPS) is 10.9. The molecule has 0 saturated carbocycles. The number of thiazole rings is 1. The second kappa shape index (κ2) is 7.65. The molecule has 0 unspecified atom stereocenters. The van der Waals surface area contributed by atoms with E-state index in [1.54, 1.807) is 11.3 Å². The number of halogens is 1. The van der Waals surface area contributed by atoms with Crippen molar-refractivity contribution in [3.63, 3.8) is 0 Å². The number of ketones is 1. The van der Waals surface area contributed by atoms with Gasteiger partial charge in [0.05, 0.1) is 27.4 Å². The minimum Gasteiger partial charge on any atom is -0.351 e. The summed E-state index contributed by atoms with van der Waals surface area (Å²) < 4.78 is 1.92. The molecule has 1 N–H and O–H groups in total. The highest BCUT2D eigenvalue weighted by atomic mass is 35.5. The highest BCUT2D eigenvalue weighted by Crippen LogP contribution is 2.31. The summed E-state index contributed by atoms with van der Waals surface area (Å²) in [6, 6.07) is 9.28. The fraction of sp³-hybridized carbons (Fsp3) is 0.188. The van der Waals surface area contributed by atoms with Crippen LogP contribution in [0.5, 0.6) is 0 Å². The number of rotatable bonds is 6. The lowest BCUT2D eigenvalue weighted by Crippen LogP contribution is -2.18. The predicted octanol–water partition coefficient (Wildman–Crippen LogP) is 4.62. The summed E-state index contributed by atoms with van der Waals surface area (Å²) in [5, 5.41) is 3.39. The summed E-state index contributed by atoms with van der Waals surface area (Å²) in [6.45, 7) is 1.93. The van der Waals surface area contributed by atoms with Crippen LogP contribution < -0.4 is 5.32 Å². The maximum atomic E-state index is 12.3. The third-order valence-electron chi connectivity index (χ3n) is 3.10. The summed E-state index contributed by atoms with van der Waals surface area (Å²) in [5.74, 6) is 0.326. The smallest absolute Gasteiger partial charge is 0.217 e. The molecule has 0 bridgehead atoms. The molecule has 0 saturated heterocycles. The van der Waals surface area contributed by atoms with Crippen molar-refractivity contribution in [1.29, 1.82) is 0 Å². The van der Waals surface area contributed by atoms with Gasteiger partial charge in [-0.15, -0.1) is 22.7 Å². The number of aromatic nitrogens is 1. The standard InChI is InChI=1S/C16H13ClN2O2S3/c1-9(20)18-7-11-3-5-15(23-11)13(21)8-22-16-19-12-6-10(17)2-4-14(12)24-16/h2-6H,7-8H2,1H3,(H,18,20). The van der Waals surface area contributed by atoms with Gasteiger partial charge >= 0.3 is 0 Å². The van der Waals surface area contributed by atoms with Crippen LogP contribution in [0.15, 0.2) is 34.7 Å². The zero-order chi connectivity index (χ0) is 17.1. The first-order valence-electron chi connectivity index (χ1n) is 7.06. The zero-order valence-corrected chi connectivity index (χ0v) is 15.9. The Kier molecular flexibility index (Phi) is 5.55. The number of carbonyl (C=O) groups is 2. The number of amides is 1. The van der Waals surface area contributed by atoms with E-state index in [4.69, 9.17) is 11.6 Å². The SMILES string of the molecule is CC(=O)NCc1ccc(C(=O)CSc2nc3cc(Cl)ccc3s2)s1. The fourth-order valence-electron chi connectivity index (χ4n) is 1.97. The topological polar surface area (TPSA) is 59.1 Å². The molecule has 0 radical (unpaired) electrons. The molecule has 0 spiro atoms. The van der Waals surface area contributed by atoms with Crippen LogP contribution in [0.4, 0.5) is 0 Å². The van der Waals surface area contributed by atoms with Crippen molar-refractivity contribution >= 4 is 67.9 Å². The molecule has 0 atom stereocenters. The van der Waals surface area contributed by atoms with E-state index >= 15 is 0 Å². The summed E-state index contributed by atoms with van der Waals surface area (Å²) >= 11 is 10.4. The van der Waals surface area contributed by atoms with E-state index in [2.05, 4.69) is 10.3 Å². The first-order valence-corrected chi connectivity index (χ1v) is 10.1. The third kappa shape index (κ3) is 4.36. The van der Waals surface area contributed by atoms with Crippen molar-refractivity contribution in [3.05, 3.63) is 45.1 Å². The molecule has 0 aliphatic carbocycles. The van der Waals surface area contributed by atoms with Crippen LogP contribution >= 0.6 is 46.0 Å².